The van der Waals surface area contributed by atoms with E-state index in [1.807, 2.05) is 12.1 Å². The maximum Gasteiger partial charge on any atom is 0.286 e. The molecule has 0 atom stereocenters. The molecule has 2 aliphatic heterocycles. The first-order valence-corrected chi connectivity index (χ1v) is 7.66. The van der Waals surface area contributed by atoms with Gasteiger partial charge in [-0.2, -0.15) is 4.99 Å². The van der Waals surface area contributed by atoms with Crippen LogP contribution in [0.25, 0.3) is 6.08 Å². The van der Waals surface area contributed by atoms with Gasteiger partial charge in [0.05, 0.1) is 18.1 Å². The third kappa shape index (κ3) is 3.11. The minimum atomic E-state index is -0.257. The van der Waals surface area contributed by atoms with E-state index in [0.717, 1.165) is 31.9 Å². The molecule has 2 aliphatic rings. The zero-order valence-electron chi connectivity index (χ0n) is 11.8. The molecule has 2 heterocycles. The van der Waals surface area contributed by atoms with Crippen LogP contribution in [0.1, 0.15) is 11.1 Å². The first-order chi connectivity index (χ1) is 10.1. The van der Waals surface area contributed by atoms with Crippen molar-refractivity contribution < 1.29 is 9.53 Å². The molecule has 0 aliphatic carbocycles. The number of carbonyl (C=O) groups is 1. The number of amides is 1. The molecule has 1 saturated heterocycles. The van der Waals surface area contributed by atoms with Crippen LogP contribution in [0.2, 0.25) is 0 Å². The van der Waals surface area contributed by atoms with Crippen LogP contribution in [0.4, 0.5) is 5.69 Å². The molecule has 0 unspecified atom stereocenters. The molecule has 6 heteroatoms. The average Bonchev–Trinajstić information content (AvgIpc) is 2.78. The summed E-state index contributed by atoms with van der Waals surface area (Å²) in [4.78, 5) is 18.2. The fraction of sp³-hybridized carbons (Fsp3) is 0.333. The van der Waals surface area contributed by atoms with Gasteiger partial charge in [0.2, 0.25) is 0 Å². The molecule has 1 aromatic rings. The monoisotopic (exact) mass is 303 g/mol. The second-order valence-corrected chi connectivity index (χ2v) is 6.07. The number of hydrogen-bond acceptors (Lipinski definition) is 5. The van der Waals surface area contributed by atoms with Crippen molar-refractivity contribution in [2.75, 3.05) is 31.2 Å². The van der Waals surface area contributed by atoms with Gasteiger partial charge in [-0.15, -0.1) is 0 Å². The molecule has 21 heavy (non-hydrogen) atoms. The molecule has 1 amide bonds. The Hall–Kier alpha value is -1.79. The Bertz CT molecular complexity index is 634. The van der Waals surface area contributed by atoms with Crippen molar-refractivity contribution in [3.63, 3.8) is 0 Å². The van der Waals surface area contributed by atoms with Gasteiger partial charge in [0.1, 0.15) is 0 Å². The van der Waals surface area contributed by atoms with E-state index >= 15 is 0 Å². The van der Waals surface area contributed by atoms with Crippen LogP contribution in [0.3, 0.4) is 0 Å². The Balaban J connectivity index is 1.81. The zero-order chi connectivity index (χ0) is 14.8. The van der Waals surface area contributed by atoms with Gasteiger partial charge in [0, 0.05) is 18.8 Å². The Morgan fingerprint density at radius 2 is 2.14 bits per heavy atom. The summed E-state index contributed by atoms with van der Waals surface area (Å²) in [5.74, 6) is -0.257. The smallest absolute Gasteiger partial charge is 0.286 e. The van der Waals surface area contributed by atoms with Crippen LogP contribution in [0.15, 0.2) is 28.1 Å². The molecule has 5 nitrogen and oxygen atoms in total. The number of ether oxygens (including phenoxy) is 1. The lowest BCUT2D eigenvalue weighted by molar-refractivity contribution is -0.113. The Labute approximate surface area is 127 Å². The molecule has 0 aromatic heterocycles. The molecule has 3 rings (SSSR count). The quantitative estimate of drug-likeness (QED) is 0.843. The minimum absolute atomic E-state index is 0.257. The van der Waals surface area contributed by atoms with E-state index in [1.165, 1.54) is 23.0 Å². The normalized spacial score (nSPS) is 21.0. The third-order valence-corrected chi connectivity index (χ3v) is 4.32. The van der Waals surface area contributed by atoms with Crippen molar-refractivity contribution in [2.45, 2.75) is 6.92 Å². The highest BCUT2D eigenvalue weighted by molar-refractivity contribution is 8.18. The van der Waals surface area contributed by atoms with E-state index in [9.17, 15) is 4.79 Å². The van der Waals surface area contributed by atoms with Crippen LogP contribution in [-0.4, -0.2) is 37.4 Å². The highest BCUT2D eigenvalue weighted by Gasteiger charge is 2.19. The van der Waals surface area contributed by atoms with Crippen molar-refractivity contribution in [1.29, 1.82) is 0 Å². The van der Waals surface area contributed by atoms with E-state index in [4.69, 9.17) is 10.5 Å². The lowest BCUT2D eigenvalue weighted by Gasteiger charge is -2.30. The topological polar surface area (TPSA) is 67.9 Å². The number of nitrogens with zero attached hydrogens (tertiary/aromatic N) is 2. The number of nitrogens with two attached hydrogens (primary N) is 1. The highest BCUT2D eigenvalue weighted by Crippen LogP contribution is 2.28. The number of aryl methyl sites for hydroxylation is 1. The van der Waals surface area contributed by atoms with Crippen LogP contribution in [0.5, 0.6) is 0 Å². The average molecular weight is 303 g/mol. The molecule has 0 spiro atoms. The van der Waals surface area contributed by atoms with Gasteiger partial charge < -0.3 is 15.4 Å². The first-order valence-electron chi connectivity index (χ1n) is 6.85. The fourth-order valence-electron chi connectivity index (χ4n) is 2.50. The Kier molecular flexibility index (Phi) is 3.98. The Morgan fingerprint density at radius 1 is 1.38 bits per heavy atom. The maximum atomic E-state index is 11.6. The second-order valence-electron chi connectivity index (χ2n) is 5.01. The van der Waals surface area contributed by atoms with Crippen LogP contribution >= 0.6 is 11.8 Å². The number of hydrogen-bond donors (Lipinski definition) is 1. The van der Waals surface area contributed by atoms with Gasteiger partial charge in [-0.05, 0) is 48.0 Å². The number of carbonyl (C=O) groups excluding carboxylic acids is 1. The lowest BCUT2D eigenvalue weighted by Crippen LogP contribution is -2.36. The SMILES string of the molecule is Cc1cc(/C=C2/SC(N)=NC2=O)ccc1N1CCOCC1. The summed E-state index contributed by atoms with van der Waals surface area (Å²) < 4.78 is 5.38. The van der Waals surface area contributed by atoms with Gasteiger partial charge in [-0.3, -0.25) is 4.79 Å². The molecule has 2 N–H and O–H groups in total. The van der Waals surface area contributed by atoms with Crippen molar-refractivity contribution in [2.24, 2.45) is 10.7 Å². The van der Waals surface area contributed by atoms with Gasteiger partial charge >= 0.3 is 0 Å². The molecule has 1 aromatic carbocycles. The van der Waals surface area contributed by atoms with E-state index in [1.54, 1.807) is 0 Å². The van der Waals surface area contributed by atoms with E-state index in [-0.39, 0.29) is 5.91 Å². The maximum absolute atomic E-state index is 11.6. The molecule has 110 valence electrons. The number of thioether (sulfide) groups is 1. The fourth-order valence-corrected chi connectivity index (χ4v) is 3.19. The number of morpholine rings is 1. The first kappa shape index (κ1) is 14.2. The van der Waals surface area contributed by atoms with E-state index < -0.39 is 0 Å². The Morgan fingerprint density at radius 3 is 2.76 bits per heavy atom. The molecule has 0 bridgehead atoms. The van der Waals surface area contributed by atoms with Crippen molar-refractivity contribution in [3.05, 3.63) is 34.2 Å². The standard InChI is InChI=1S/C15H17N3O2S/c1-10-8-11(9-13-14(19)17-15(16)21-13)2-3-12(10)18-4-6-20-7-5-18/h2-3,8-9H,4-7H2,1H3,(H2,16,17,19)/b13-9+. The van der Waals surface area contributed by atoms with E-state index in [2.05, 4.69) is 28.9 Å². The van der Waals surface area contributed by atoms with Gasteiger partial charge in [-0.25, -0.2) is 0 Å². The zero-order valence-corrected chi connectivity index (χ0v) is 12.7. The van der Waals surface area contributed by atoms with E-state index in [0.29, 0.717) is 10.1 Å². The predicted octanol–water partition coefficient (Wildman–Crippen LogP) is 1.76. The lowest BCUT2D eigenvalue weighted by atomic mass is 10.1. The van der Waals surface area contributed by atoms with Gasteiger partial charge in [0.25, 0.3) is 5.91 Å². The van der Waals surface area contributed by atoms with Gasteiger partial charge in [-0.1, -0.05) is 6.07 Å². The summed E-state index contributed by atoms with van der Waals surface area (Å²) in [5, 5.41) is 0.313. The van der Waals surface area contributed by atoms with Crippen LogP contribution in [-0.2, 0) is 9.53 Å². The van der Waals surface area contributed by atoms with Crippen LogP contribution < -0.4 is 10.6 Å². The minimum Gasteiger partial charge on any atom is -0.378 e. The third-order valence-electron chi connectivity index (χ3n) is 3.51. The van der Waals surface area contributed by atoms with Gasteiger partial charge in [0.15, 0.2) is 5.17 Å². The number of anilines is 1. The molecule has 1 fully saturated rings. The number of amidine groups is 1. The summed E-state index contributed by atoms with van der Waals surface area (Å²) in [6, 6.07) is 6.20. The molecular formula is C15H17N3O2S. The summed E-state index contributed by atoms with van der Waals surface area (Å²) in [6.07, 6.45) is 1.84. The number of rotatable bonds is 2. The molecule has 0 saturated carbocycles. The summed E-state index contributed by atoms with van der Waals surface area (Å²) >= 11 is 1.22. The largest absolute Gasteiger partial charge is 0.378 e. The molecular weight excluding hydrogens is 286 g/mol. The summed E-state index contributed by atoms with van der Waals surface area (Å²) in [7, 11) is 0. The number of aliphatic imine (C=N–C) groups is 1. The van der Waals surface area contributed by atoms with Crippen LogP contribution in [0, 0.1) is 6.92 Å². The number of benzene rings is 1. The highest BCUT2D eigenvalue weighted by atomic mass is 32.2. The van der Waals surface area contributed by atoms with Crippen molar-refractivity contribution in [1.82, 2.24) is 0 Å². The van der Waals surface area contributed by atoms with Crippen molar-refractivity contribution in [3.8, 4) is 0 Å². The predicted molar refractivity (Wildman–Crippen MR) is 86.4 cm³/mol. The summed E-state index contributed by atoms with van der Waals surface area (Å²) in [6.45, 7) is 5.46. The van der Waals surface area contributed by atoms with Crippen molar-refractivity contribution >= 4 is 34.6 Å². The second kappa shape index (κ2) is 5.91. The molecule has 0 radical (unpaired) electrons. The summed E-state index contributed by atoms with van der Waals surface area (Å²) in [5.41, 5.74) is 8.96.